The molecule has 1 unspecified atom stereocenters. The van der Waals surface area contributed by atoms with Gasteiger partial charge in [0.05, 0.1) is 12.6 Å². The molecule has 0 fully saturated rings. The minimum absolute atomic E-state index is 0.245. The number of nitrogens with zero attached hydrogens (tertiary/aromatic N) is 3. The van der Waals surface area contributed by atoms with Crippen LogP contribution >= 0.6 is 0 Å². The predicted molar refractivity (Wildman–Crippen MR) is 47.7 cm³/mol. The number of nitrogens with one attached hydrogen (secondary N) is 2. The van der Waals surface area contributed by atoms with Crippen molar-refractivity contribution >= 4 is 5.91 Å². The second-order valence-corrected chi connectivity index (χ2v) is 2.91. The fourth-order valence-corrected chi connectivity index (χ4v) is 0.846. The number of nitriles is 1. The van der Waals surface area contributed by atoms with E-state index in [4.69, 9.17) is 5.26 Å². The van der Waals surface area contributed by atoms with Crippen molar-refractivity contribution in [2.24, 2.45) is 5.92 Å². The van der Waals surface area contributed by atoms with Gasteiger partial charge in [0.15, 0.2) is 5.82 Å². The van der Waals surface area contributed by atoms with Gasteiger partial charge in [-0.05, 0) is 13.8 Å². The highest BCUT2D eigenvalue weighted by atomic mass is 16.1. The summed E-state index contributed by atoms with van der Waals surface area (Å²) in [5, 5.41) is 17.5. The molecule has 0 aliphatic rings. The summed E-state index contributed by atoms with van der Waals surface area (Å²) in [5.74, 6) is 0.258. The normalized spacial score (nSPS) is 11.8. The number of hydrogen-bond acceptors (Lipinski definition) is 4. The topological polar surface area (TPSA) is 94.5 Å². The van der Waals surface area contributed by atoms with E-state index in [1.165, 1.54) is 0 Å². The van der Waals surface area contributed by atoms with Gasteiger partial charge in [-0.2, -0.15) is 10.4 Å². The first-order valence-corrected chi connectivity index (χ1v) is 4.18. The van der Waals surface area contributed by atoms with E-state index < -0.39 is 5.92 Å². The Balaban J connectivity index is 2.42. The predicted octanol–water partition coefficient (Wildman–Crippen LogP) is -0.111. The first kappa shape index (κ1) is 10.2. The lowest BCUT2D eigenvalue weighted by atomic mass is 10.2. The highest BCUT2D eigenvalue weighted by Crippen LogP contribution is 1.94. The van der Waals surface area contributed by atoms with Crippen molar-refractivity contribution in [1.82, 2.24) is 20.5 Å². The molecule has 0 aliphatic heterocycles. The number of H-pyrrole nitrogens is 1. The van der Waals surface area contributed by atoms with Gasteiger partial charge in [-0.1, -0.05) is 0 Å². The van der Waals surface area contributed by atoms with Crippen molar-refractivity contribution in [3.63, 3.8) is 0 Å². The van der Waals surface area contributed by atoms with E-state index in [1.807, 2.05) is 6.07 Å². The molecular formula is C8H11N5O. The van der Waals surface area contributed by atoms with E-state index in [0.717, 1.165) is 0 Å². The van der Waals surface area contributed by atoms with Crippen molar-refractivity contribution in [2.75, 3.05) is 0 Å². The van der Waals surface area contributed by atoms with Crippen LogP contribution in [0.25, 0.3) is 0 Å². The van der Waals surface area contributed by atoms with E-state index in [9.17, 15) is 4.79 Å². The quantitative estimate of drug-likeness (QED) is 0.700. The van der Waals surface area contributed by atoms with Gasteiger partial charge >= 0.3 is 0 Å². The SMILES string of the molecule is Cc1nc(CNC(=O)C(C)C#N)n[nH]1. The summed E-state index contributed by atoms with van der Waals surface area (Å²) in [5.41, 5.74) is 0. The van der Waals surface area contributed by atoms with Gasteiger partial charge in [-0.3, -0.25) is 9.89 Å². The molecule has 6 heteroatoms. The maximum Gasteiger partial charge on any atom is 0.237 e. The summed E-state index contributed by atoms with van der Waals surface area (Å²) in [6, 6.07) is 1.85. The van der Waals surface area contributed by atoms with Crippen LogP contribution in [-0.2, 0) is 11.3 Å². The molecule has 1 aromatic heterocycles. The van der Waals surface area contributed by atoms with Crippen LogP contribution in [0.1, 0.15) is 18.6 Å². The number of aromatic amines is 1. The Morgan fingerprint density at radius 3 is 3.00 bits per heavy atom. The van der Waals surface area contributed by atoms with Crippen LogP contribution < -0.4 is 5.32 Å². The largest absolute Gasteiger partial charge is 0.348 e. The first-order valence-electron chi connectivity index (χ1n) is 4.18. The van der Waals surface area contributed by atoms with E-state index in [-0.39, 0.29) is 12.5 Å². The Labute approximate surface area is 81.3 Å². The monoisotopic (exact) mass is 193 g/mol. The molecule has 0 aromatic carbocycles. The van der Waals surface area contributed by atoms with E-state index >= 15 is 0 Å². The van der Waals surface area contributed by atoms with Crippen molar-refractivity contribution in [1.29, 1.82) is 5.26 Å². The second kappa shape index (κ2) is 4.37. The summed E-state index contributed by atoms with van der Waals surface area (Å²) in [6.07, 6.45) is 0. The Hall–Kier alpha value is -1.90. The lowest BCUT2D eigenvalue weighted by molar-refractivity contribution is -0.123. The number of carbonyl (C=O) groups is 1. The van der Waals surface area contributed by atoms with Gasteiger partial charge in [0.2, 0.25) is 5.91 Å². The van der Waals surface area contributed by atoms with Gasteiger partial charge in [0.1, 0.15) is 11.7 Å². The minimum atomic E-state index is -0.643. The first-order chi connectivity index (χ1) is 6.63. The highest BCUT2D eigenvalue weighted by Gasteiger charge is 2.11. The number of rotatable bonds is 3. The summed E-state index contributed by atoms with van der Waals surface area (Å²) < 4.78 is 0. The molecule has 1 rings (SSSR count). The average Bonchev–Trinajstić information content (AvgIpc) is 2.59. The van der Waals surface area contributed by atoms with Gasteiger partial charge in [0, 0.05) is 0 Å². The zero-order valence-corrected chi connectivity index (χ0v) is 8.03. The maximum atomic E-state index is 11.2. The maximum absolute atomic E-state index is 11.2. The molecule has 14 heavy (non-hydrogen) atoms. The van der Waals surface area contributed by atoms with E-state index in [0.29, 0.717) is 11.6 Å². The van der Waals surface area contributed by atoms with Crippen LogP contribution in [0, 0.1) is 24.2 Å². The molecule has 0 bridgehead atoms. The van der Waals surface area contributed by atoms with Crippen LogP contribution in [0.3, 0.4) is 0 Å². The summed E-state index contributed by atoms with van der Waals surface area (Å²) in [6.45, 7) is 3.56. The third-order valence-electron chi connectivity index (χ3n) is 1.65. The van der Waals surface area contributed by atoms with Gasteiger partial charge in [-0.15, -0.1) is 0 Å². The van der Waals surface area contributed by atoms with Crippen LogP contribution in [0.15, 0.2) is 0 Å². The van der Waals surface area contributed by atoms with Gasteiger partial charge < -0.3 is 5.32 Å². The second-order valence-electron chi connectivity index (χ2n) is 2.91. The number of aromatic nitrogens is 3. The summed E-state index contributed by atoms with van der Waals surface area (Å²) >= 11 is 0. The molecule has 2 N–H and O–H groups in total. The number of hydrogen-bond donors (Lipinski definition) is 2. The molecule has 74 valence electrons. The Morgan fingerprint density at radius 1 is 1.79 bits per heavy atom. The third-order valence-corrected chi connectivity index (χ3v) is 1.65. The van der Waals surface area contributed by atoms with Crippen molar-refractivity contribution in [3.8, 4) is 6.07 Å². The Kier molecular flexibility index (Phi) is 3.18. The van der Waals surface area contributed by atoms with Crippen molar-refractivity contribution in [2.45, 2.75) is 20.4 Å². The standard InChI is InChI=1S/C8H11N5O/c1-5(3-9)8(14)10-4-7-11-6(2)12-13-7/h5H,4H2,1-2H3,(H,10,14)(H,11,12,13). The molecule has 1 atom stereocenters. The third kappa shape index (κ3) is 2.55. The minimum Gasteiger partial charge on any atom is -0.348 e. The lowest BCUT2D eigenvalue weighted by Gasteiger charge is -2.02. The number of carbonyl (C=O) groups excluding carboxylic acids is 1. The molecule has 1 aromatic rings. The lowest BCUT2D eigenvalue weighted by Crippen LogP contribution is -2.28. The molecule has 0 aliphatic carbocycles. The summed E-state index contributed by atoms with van der Waals surface area (Å²) in [7, 11) is 0. The van der Waals surface area contributed by atoms with Crippen LogP contribution in [0.4, 0.5) is 0 Å². The highest BCUT2D eigenvalue weighted by molar-refractivity contribution is 5.80. The molecule has 1 heterocycles. The Bertz CT molecular complexity index is 364. The molecule has 6 nitrogen and oxygen atoms in total. The zero-order chi connectivity index (χ0) is 10.6. The van der Waals surface area contributed by atoms with Crippen LogP contribution in [0.5, 0.6) is 0 Å². The average molecular weight is 193 g/mol. The van der Waals surface area contributed by atoms with Crippen LogP contribution in [-0.4, -0.2) is 21.1 Å². The molecule has 0 spiro atoms. The Morgan fingerprint density at radius 2 is 2.50 bits per heavy atom. The molecule has 1 amide bonds. The van der Waals surface area contributed by atoms with Gasteiger partial charge in [-0.25, -0.2) is 4.98 Å². The van der Waals surface area contributed by atoms with E-state index in [2.05, 4.69) is 20.5 Å². The fraction of sp³-hybridized carbons (Fsp3) is 0.500. The van der Waals surface area contributed by atoms with Crippen molar-refractivity contribution < 1.29 is 4.79 Å². The zero-order valence-electron chi connectivity index (χ0n) is 8.03. The van der Waals surface area contributed by atoms with E-state index in [1.54, 1.807) is 13.8 Å². The molecule has 0 saturated heterocycles. The number of aryl methyl sites for hydroxylation is 1. The fourth-order valence-electron chi connectivity index (χ4n) is 0.846. The van der Waals surface area contributed by atoms with Gasteiger partial charge in [0.25, 0.3) is 0 Å². The van der Waals surface area contributed by atoms with Crippen molar-refractivity contribution in [3.05, 3.63) is 11.6 Å². The van der Waals surface area contributed by atoms with Crippen LogP contribution in [0.2, 0.25) is 0 Å². The smallest absolute Gasteiger partial charge is 0.237 e. The molecular weight excluding hydrogens is 182 g/mol. The molecule has 0 radical (unpaired) electrons. The molecule has 0 saturated carbocycles. The summed E-state index contributed by atoms with van der Waals surface area (Å²) in [4.78, 5) is 15.2. The number of amides is 1.